The predicted molar refractivity (Wildman–Crippen MR) is 84.2 cm³/mol. The highest BCUT2D eigenvalue weighted by Crippen LogP contribution is 2.42. The minimum Gasteiger partial charge on any atom is -0.384 e. The van der Waals surface area contributed by atoms with E-state index in [1.54, 1.807) is 36.5 Å². The molecule has 1 unspecified atom stereocenters. The van der Waals surface area contributed by atoms with Crippen molar-refractivity contribution in [3.05, 3.63) is 66.2 Å². The van der Waals surface area contributed by atoms with E-state index in [1.807, 2.05) is 30.3 Å². The second-order valence-corrected chi connectivity index (χ2v) is 5.91. The maximum absolute atomic E-state index is 10.5. The molecule has 1 aromatic carbocycles. The van der Waals surface area contributed by atoms with Crippen LogP contribution in [0, 0.1) is 0 Å². The molecule has 0 spiro atoms. The summed E-state index contributed by atoms with van der Waals surface area (Å²) in [6.45, 7) is 0. The van der Waals surface area contributed by atoms with Gasteiger partial charge in [0.2, 0.25) is 0 Å². The average molecular weight is 308 g/mol. The maximum atomic E-state index is 10.5. The number of aromatic nitrogens is 3. The van der Waals surface area contributed by atoms with E-state index in [0.29, 0.717) is 0 Å². The van der Waals surface area contributed by atoms with Crippen molar-refractivity contribution in [3.63, 3.8) is 0 Å². The summed E-state index contributed by atoms with van der Waals surface area (Å²) in [5.74, 6) is 0.744. The van der Waals surface area contributed by atoms with Gasteiger partial charge < -0.3 is 10.4 Å². The van der Waals surface area contributed by atoms with E-state index >= 15 is 0 Å². The van der Waals surface area contributed by atoms with Crippen molar-refractivity contribution in [1.29, 1.82) is 0 Å². The lowest BCUT2D eigenvalue weighted by Gasteiger charge is -2.20. The summed E-state index contributed by atoms with van der Waals surface area (Å²) < 4.78 is 0. The van der Waals surface area contributed by atoms with Crippen molar-refractivity contribution < 1.29 is 5.11 Å². The van der Waals surface area contributed by atoms with Crippen molar-refractivity contribution in [2.45, 2.75) is 16.0 Å². The zero-order chi connectivity index (χ0) is 14.9. The van der Waals surface area contributed by atoms with Gasteiger partial charge in [0.15, 0.2) is 5.82 Å². The number of benzene rings is 1. The fraction of sp³-hybridized carbons (Fsp3) is 0.0625. The van der Waals surface area contributed by atoms with Crippen LogP contribution < -0.4 is 5.32 Å². The Bertz CT molecular complexity index is 825. The molecule has 0 saturated carbocycles. The fourth-order valence-electron chi connectivity index (χ4n) is 2.35. The Labute approximate surface area is 131 Å². The van der Waals surface area contributed by atoms with Crippen molar-refractivity contribution in [2.24, 2.45) is 0 Å². The van der Waals surface area contributed by atoms with Gasteiger partial charge in [-0.05, 0) is 23.8 Å². The number of anilines is 2. The van der Waals surface area contributed by atoms with Gasteiger partial charge in [-0.3, -0.25) is 4.98 Å². The predicted octanol–water partition coefficient (Wildman–Crippen LogP) is 3.16. The molecule has 0 saturated heterocycles. The van der Waals surface area contributed by atoms with Crippen LogP contribution in [-0.2, 0) is 0 Å². The molecule has 0 fully saturated rings. The third kappa shape index (κ3) is 2.32. The van der Waals surface area contributed by atoms with E-state index < -0.39 is 6.10 Å². The minimum absolute atomic E-state index is 0.700. The van der Waals surface area contributed by atoms with Gasteiger partial charge in [0.1, 0.15) is 11.1 Å². The highest BCUT2D eigenvalue weighted by atomic mass is 32.2. The Morgan fingerprint density at radius 3 is 2.82 bits per heavy atom. The van der Waals surface area contributed by atoms with Crippen LogP contribution in [0.3, 0.4) is 0 Å². The molecule has 4 rings (SSSR count). The van der Waals surface area contributed by atoms with Crippen LogP contribution in [0.25, 0.3) is 0 Å². The van der Waals surface area contributed by atoms with Crippen molar-refractivity contribution in [3.8, 4) is 0 Å². The molecule has 6 heteroatoms. The SMILES string of the molecule is OC(c1cccnc1)c1ccc2c(c1)Nc1nccnc1S2. The number of fused-ring (bicyclic) bond motifs is 2. The first-order chi connectivity index (χ1) is 10.8. The molecule has 2 N–H and O–H groups in total. The number of hydrogen-bond donors (Lipinski definition) is 2. The van der Waals surface area contributed by atoms with E-state index in [1.165, 1.54) is 0 Å². The molecule has 3 heterocycles. The molecule has 0 radical (unpaired) electrons. The lowest BCUT2D eigenvalue weighted by molar-refractivity contribution is 0.220. The molecule has 22 heavy (non-hydrogen) atoms. The zero-order valence-electron chi connectivity index (χ0n) is 11.5. The van der Waals surface area contributed by atoms with Crippen LogP contribution in [0.2, 0.25) is 0 Å². The van der Waals surface area contributed by atoms with Crippen molar-refractivity contribution >= 4 is 23.3 Å². The van der Waals surface area contributed by atoms with Gasteiger partial charge in [0, 0.05) is 35.2 Å². The van der Waals surface area contributed by atoms with E-state index in [9.17, 15) is 5.11 Å². The Hall–Kier alpha value is -2.44. The second-order valence-electron chi connectivity index (χ2n) is 4.88. The lowest BCUT2D eigenvalue weighted by Crippen LogP contribution is -2.06. The molecule has 1 aliphatic rings. The average Bonchev–Trinajstić information content (AvgIpc) is 2.59. The van der Waals surface area contributed by atoms with Gasteiger partial charge in [0.05, 0.1) is 5.69 Å². The van der Waals surface area contributed by atoms with E-state index in [4.69, 9.17) is 0 Å². The first kappa shape index (κ1) is 13.2. The van der Waals surface area contributed by atoms with Crippen molar-refractivity contribution in [2.75, 3.05) is 5.32 Å². The topological polar surface area (TPSA) is 70.9 Å². The Morgan fingerprint density at radius 1 is 1.05 bits per heavy atom. The molecule has 0 bridgehead atoms. The number of hydrogen-bond acceptors (Lipinski definition) is 6. The maximum Gasteiger partial charge on any atom is 0.163 e. The summed E-state index contributed by atoms with van der Waals surface area (Å²) in [6.07, 6.45) is 6.00. The Morgan fingerprint density at radius 2 is 1.95 bits per heavy atom. The molecular formula is C16H12N4OS. The quantitative estimate of drug-likeness (QED) is 0.593. The first-order valence-corrected chi connectivity index (χ1v) is 7.61. The molecule has 3 aromatic rings. The summed E-state index contributed by atoms with van der Waals surface area (Å²) in [5, 5.41) is 14.6. The van der Waals surface area contributed by atoms with Gasteiger partial charge in [-0.15, -0.1) is 0 Å². The molecule has 108 valence electrons. The fourth-order valence-corrected chi connectivity index (χ4v) is 3.23. The first-order valence-electron chi connectivity index (χ1n) is 6.79. The Kier molecular flexibility index (Phi) is 3.25. The van der Waals surface area contributed by atoms with E-state index in [-0.39, 0.29) is 0 Å². The van der Waals surface area contributed by atoms with E-state index in [2.05, 4.69) is 20.3 Å². The van der Waals surface area contributed by atoms with Crippen molar-refractivity contribution in [1.82, 2.24) is 15.0 Å². The monoisotopic (exact) mass is 308 g/mol. The second kappa shape index (κ2) is 5.40. The third-order valence-electron chi connectivity index (χ3n) is 3.44. The standard InChI is InChI=1S/C16H12N4OS/c21-14(11-2-1-5-17-9-11)10-3-4-13-12(8-10)20-15-16(22-13)19-7-6-18-15/h1-9,14,21H,(H,18,20). The molecule has 0 amide bonds. The lowest BCUT2D eigenvalue weighted by atomic mass is 10.0. The summed E-state index contributed by atoms with van der Waals surface area (Å²) in [7, 11) is 0. The smallest absolute Gasteiger partial charge is 0.163 e. The van der Waals surface area contributed by atoms with Gasteiger partial charge in [-0.1, -0.05) is 23.9 Å². The number of aliphatic hydroxyl groups is 1. The third-order valence-corrected chi connectivity index (χ3v) is 4.51. The largest absolute Gasteiger partial charge is 0.384 e. The number of rotatable bonds is 2. The summed E-state index contributed by atoms with van der Waals surface area (Å²) in [4.78, 5) is 13.7. The summed E-state index contributed by atoms with van der Waals surface area (Å²) >= 11 is 1.57. The van der Waals surface area contributed by atoms with Gasteiger partial charge in [-0.25, -0.2) is 9.97 Å². The minimum atomic E-state index is -0.700. The van der Waals surface area contributed by atoms with Gasteiger partial charge >= 0.3 is 0 Å². The van der Waals surface area contributed by atoms with Gasteiger partial charge in [0.25, 0.3) is 0 Å². The Balaban J connectivity index is 1.69. The highest BCUT2D eigenvalue weighted by Gasteiger charge is 2.19. The summed E-state index contributed by atoms with van der Waals surface area (Å²) in [5.41, 5.74) is 2.51. The van der Waals surface area contributed by atoms with Gasteiger partial charge in [-0.2, -0.15) is 0 Å². The normalized spacial score (nSPS) is 13.7. The van der Waals surface area contributed by atoms with Crippen LogP contribution >= 0.6 is 11.8 Å². The number of nitrogens with zero attached hydrogens (tertiary/aromatic N) is 3. The molecular weight excluding hydrogens is 296 g/mol. The molecule has 1 aliphatic heterocycles. The van der Waals surface area contributed by atoms with Crippen LogP contribution in [0.1, 0.15) is 17.2 Å². The van der Waals surface area contributed by atoms with Crippen LogP contribution in [0.4, 0.5) is 11.5 Å². The highest BCUT2D eigenvalue weighted by molar-refractivity contribution is 7.99. The number of nitrogens with one attached hydrogen (secondary N) is 1. The molecule has 2 aromatic heterocycles. The van der Waals surface area contributed by atoms with Crippen LogP contribution in [0.15, 0.2) is 65.0 Å². The number of pyridine rings is 1. The molecule has 0 aliphatic carbocycles. The molecule has 5 nitrogen and oxygen atoms in total. The van der Waals surface area contributed by atoms with Crippen LogP contribution in [-0.4, -0.2) is 20.1 Å². The van der Waals surface area contributed by atoms with Crippen LogP contribution in [0.5, 0.6) is 0 Å². The summed E-state index contributed by atoms with van der Waals surface area (Å²) in [6, 6.07) is 9.53. The van der Waals surface area contributed by atoms with E-state index in [0.717, 1.165) is 32.6 Å². The number of aliphatic hydroxyl groups excluding tert-OH is 1. The molecule has 1 atom stereocenters. The zero-order valence-corrected chi connectivity index (χ0v) is 12.3.